The predicted octanol–water partition coefficient (Wildman–Crippen LogP) is 6.95. The van der Waals surface area contributed by atoms with Gasteiger partial charge in [0.2, 0.25) is 11.8 Å². The molecular weight excluding hydrogens is 640 g/mol. The number of amides is 2. The molecule has 10 nitrogen and oxygen atoms in total. The molecule has 0 atom stereocenters. The number of halogens is 2. The summed E-state index contributed by atoms with van der Waals surface area (Å²) in [5.74, 6) is -0.282. The van der Waals surface area contributed by atoms with Crippen molar-refractivity contribution in [1.29, 1.82) is 0 Å². The van der Waals surface area contributed by atoms with Crippen molar-refractivity contribution in [2.75, 3.05) is 24.4 Å². The molecule has 242 valence electrons. The first-order valence-electron chi connectivity index (χ1n) is 14.9. The molecule has 0 bridgehead atoms. The number of fused-ring (bicyclic) bond motifs is 1. The van der Waals surface area contributed by atoms with Crippen LogP contribution in [-0.4, -0.2) is 71.1 Å². The number of ether oxygens (including phenoxy) is 3. The summed E-state index contributed by atoms with van der Waals surface area (Å²) in [6.07, 6.45) is 5.64. The van der Waals surface area contributed by atoms with Gasteiger partial charge in [0, 0.05) is 35.4 Å². The fourth-order valence-electron chi connectivity index (χ4n) is 4.90. The van der Waals surface area contributed by atoms with Crippen LogP contribution in [0.15, 0.2) is 66.9 Å². The fraction of sp³-hybridized carbons (Fsp3) is 0.294. The van der Waals surface area contributed by atoms with Gasteiger partial charge >= 0.3 is 35.5 Å². The molecule has 5 rings (SSSR count). The van der Waals surface area contributed by atoms with Crippen LogP contribution in [0.25, 0.3) is 10.9 Å². The number of pyridine rings is 1. The van der Waals surface area contributed by atoms with E-state index in [0.717, 1.165) is 19.3 Å². The number of carbonyl (C=O) groups is 3. The monoisotopic (exact) mass is 673 g/mol. The van der Waals surface area contributed by atoms with Crippen LogP contribution in [0, 0.1) is 11.2 Å². The number of methoxy groups -OCH3 is 1. The topological polar surface area (TPSA) is 136 Å². The zero-order valence-electron chi connectivity index (χ0n) is 25.1. The molecule has 1 aliphatic carbocycles. The van der Waals surface area contributed by atoms with Crippen molar-refractivity contribution in [1.82, 2.24) is 4.98 Å². The number of rotatable bonds is 15. The van der Waals surface area contributed by atoms with Gasteiger partial charge in [0.05, 0.1) is 24.3 Å². The number of carbonyl (C=O) groups excluding carboxylic acids is 2. The molecule has 47 heavy (non-hydrogen) atoms. The quantitative estimate of drug-likeness (QED) is 0.0701. The van der Waals surface area contributed by atoms with Crippen LogP contribution in [-0.2, 0) is 14.4 Å². The molecule has 13 heteroatoms. The normalized spacial score (nSPS) is 12.8. The van der Waals surface area contributed by atoms with Crippen molar-refractivity contribution < 1.29 is 38.1 Å². The van der Waals surface area contributed by atoms with Crippen molar-refractivity contribution in [2.24, 2.45) is 5.41 Å². The Balaban J connectivity index is 0.00000500. The van der Waals surface area contributed by atoms with Gasteiger partial charge in [0.15, 0.2) is 11.5 Å². The summed E-state index contributed by atoms with van der Waals surface area (Å²) in [5.41, 5.74) is 0.202. The zero-order chi connectivity index (χ0) is 32.7. The molecule has 0 saturated heterocycles. The van der Waals surface area contributed by atoms with E-state index in [9.17, 15) is 18.8 Å². The van der Waals surface area contributed by atoms with E-state index in [2.05, 4.69) is 15.6 Å². The van der Waals surface area contributed by atoms with E-state index in [0.29, 0.717) is 71.1 Å². The Morgan fingerprint density at radius 2 is 1.55 bits per heavy atom. The van der Waals surface area contributed by atoms with Gasteiger partial charge in [-0.3, -0.25) is 19.4 Å². The van der Waals surface area contributed by atoms with Gasteiger partial charge in [-0.15, -0.1) is 0 Å². The van der Waals surface area contributed by atoms with Gasteiger partial charge in [-0.2, -0.15) is 0 Å². The molecule has 2 amide bonds. The average Bonchev–Trinajstić information content (AvgIpc) is 3.85. The van der Waals surface area contributed by atoms with E-state index in [-0.39, 0.29) is 41.0 Å². The summed E-state index contributed by atoms with van der Waals surface area (Å²) in [4.78, 5) is 41.1. The number of hydrogen-bond acceptors (Lipinski definition) is 7. The minimum atomic E-state index is -1.21. The van der Waals surface area contributed by atoms with E-state index in [1.54, 1.807) is 49.7 Å². The third kappa shape index (κ3) is 9.13. The van der Waals surface area contributed by atoms with Crippen LogP contribution in [0.5, 0.6) is 23.0 Å². The second kappa shape index (κ2) is 16.3. The van der Waals surface area contributed by atoms with Gasteiger partial charge < -0.3 is 30.0 Å². The summed E-state index contributed by atoms with van der Waals surface area (Å²) in [6, 6.07) is 15.4. The Bertz CT molecular complexity index is 1750. The van der Waals surface area contributed by atoms with Crippen LogP contribution < -0.4 is 24.8 Å². The second-order valence-corrected chi connectivity index (χ2v) is 11.4. The van der Waals surface area contributed by atoms with Gasteiger partial charge in [0.25, 0.3) is 0 Å². The van der Waals surface area contributed by atoms with Crippen molar-refractivity contribution in [2.45, 2.75) is 44.9 Å². The number of carboxylic acids is 1. The standard InChI is InChI=1S/C34H33ClFN3O7.Na.H/c1-44-29-19-24-26(20-30(29)45-17-5-3-2-4-6-31(40)41)37-16-13-27(24)46-28-12-11-23(18-25(28)35)39-33(43)34(14-15-34)32(42)38-22-9-7-21(36)8-10-22;;/h7-13,16,18-20H,2-6,14-15,17H2,1H3,(H,38,42)(H,39,43)(H,40,41);;. The molecule has 1 saturated carbocycles. The molecule has 1 aromatic heterocycles. The van der Waals surface area contributed by atoms with Gasteiger partial charge in [-0.25, -0.2) is 4.39 Å². The number of hydrogen-bond donors (Lipinski definition) is 3. The van der Waals surface area contributed by atoms with Crippen molar-refractivity contribution in [3.05, 3.63) is 77.7 Å². The molecule has 4 aromatic rings. The molecule has 0 radical (unpaired) electrons. The second-order valence-electron chi connectivity index (χ2n) is 11.0. The number of benzene rings is 3. The van der Waals surface area contributed by atoms with E-state index in [4.69, 9.17) is 30.9 Å². The van der Waals surface area contributed by atoms with E-state index in [1.165, 1.54) is 24.3 Å². The van der Waals surface area contributed by atoms with Crippen molar-refractivity contribution >= 4 is 81.2 Å². The summed E-state index contributed by atoms with van der Waals surface area (Å²) in [5, 5.41) is 15.1. The fourth-order valence-corrected chi connectivity index (χ4v) is 5.12. The molecule has 0 unspecified atom stereocenters. The first kappa shape index (κ1) is 35.9. The first-order valence-corrected chi connectivity index (χ1v) is 15.2. The van der Waals surface area contributed by atoms with Crippen LogP contribution in [0.2, 0.25) is 5.02 Å². The minimum absolute atomic E-state index is 0. The molecule has 3 N–H and O–H groups in total. The third-order valence-electron chi connectivity index (χ3n) is 7.66. The molecule has 1 aliphatic rings. The zero-order valence-corrected chi connectivity index (χ0v) is 25.9. The van der Waals surface area contributed by atoms with Gasteiger partial charge in [-0.05, 0) is 80.3 Å². The summed E-state index contributed by atoms with van der Waals surface area (Å²) in [6.45, 7) is 0.448. The van der Waals surface area contributed by atoms with Crippen LogP contribution in [0.1, 0.15) is 44.9 Å². The Morgan fingerprint density at radius 1 is 0.872 bits per heavy atom. The number of anilines is 2. The Morgan fingerprint density at radius 3 is 2.21 bits per heavy atom. The maximum atomic E-state index is 13.2. The molecule has 1 heterocycles. The van der Waals surface area contributed by atoms with Crippen molar-refractivity contribution in [3.63, 3.8) is 0 Å². The predicted molar refractivity (Wildman–Crippen MR) is 179 cm³/mol. The molecule has 0 aliphatic heterocycles. The van der Waals surface area contributed by atoms with Crippen LogP contribution in [0.4, 0.5) is 15.8 Å². The van der Waals surface area contributed by atoms with Crippen LogP contribution in [0.3, 0.4) is 0 Å². The van der Waals surface area contributed by atoms with Gasteiger partial charge in [0.1, 0.15) is 22.7 Å². The number of aromatic nitrogens is 1. The van der Waals surface area contributed by atoms with E-state index >= 15 is 0 Å². The summed E-state index contributed by atoms with van der Waals surface area (Å²) < 4.78 is 30.9. The Kier molecular flexibility index (Phi) is 12.4. The Hall–Kier alpha value is -3.90. The third-order valence-corrected chi connectivity index (χ3v) is 7.96. The SMILES string of the molecule is COc1cc2c(Oc3ccc(NC(=O)C4(C(=O)Nc5ccc(F)cc5)CC4)cc3Cl)ccnc2cc1OCCCCCCC(=O)O.[NaH]. The summed E-state index contributed by atoms with van der Waals surface area (Å²) in [7, 11) is 1.54. The molecular formula is C34H34ClFN3NaO7. The van der Waals surface area contributed by atoms with Crippen LogP contribution >= 0.6 is 11.6 Å². The maximum absolute atomic E-state index is 13.2. The number of unbranched alkanes of at least 4 members (excludes halogenated alkanes) is 3. The Labute approximate surface area is 298 Å². The molecule has 1 fully saturated rings. The molecule has 0 spiro atoms. The summed E-state index contributed by atoms with van der Waals surface area (Å²) >= 11 is 6.55. The average molecular weight is 674 g/mol. The number of nitrogens with one attached hydrogen (secondary N) is 2. The number of carboxylic acid groups (broad SMARTS) is 1. The molecule has 3 aromatic carbocycles. The van der Waals surface area contributed by atoms with Gasteiger partial charge in [-0.1, -0.05) is 24.4 Å². The number of aliphatic carboxylic acids is 1. The van der Waals surface area contributed by atoms with E-state index in [1.807, 2.05) is 0 Å². The van der Waals surface area contributed by atoms with E-state index < -0.39 is 29.0 Å². The van der Waals surface area contributed by atoms with Crippen molar-refractivity contribution in [3.8, 4) is 23.0 Å². The first-order chi connectivity index (χ1) is 22.2. The number of nitrogens with zero attached hydrogens (tertiary/aromatic N) is 1.